The highest BCUT2D eigenvalue weighted by Gasteiger charge is 2.87. The zero-order valence-corrected chi connectivity index (χ0v) is 20.3. The number of aliphatic hydroxyl groups is 1. The van der Waals surface area contributed by atoms with Gasteiger partial charge in [0, 0.05) is 18.9 Å². The minimum atomic E-state index is -0.983. The van der Waals surface area contributed by atoms with E-state index in [-0.39, 0.29) is 34.1 Å². The van der Waals surface area contributed by atoms with Gasteiger partial charge in [0.2, 0.25) is 0 Å². The SMILES string of the molecule is CCc1ccc(CC2CCC3(CCC4CC5C6C(=O)CC(OC)C6(O)C4(C)C53C)C2)cc1. The molecule has 9 atom stereocenters. The van der Waals surface area contributed by atoms with Gasteiger partial charge in [0.05, 0.1) is 12.0 Å². The summed E-state index contributed by atoms with van der Waals surface area (Å²) in [4.78, 5) is 13.2. The first kappa shape index (κ1) is 21.4. The molecule has 5 aliphatic carbocycles. The summed E-state index contributed by atoms with van der Waals surface area (Å²) in [6, 6.07) is 9.24. The first-order valence-corrected chi connectivity index (χ1v) is 13.1. The van der Waals surface area contributed by atoms with E-state index < -0.39 is 5.60 Å². The minimum absolute atomic E-state index is 0.0238. The van der Waals surface area contributed by atoms with E-state index in [4.69, 9.17) is 4.74 Å². The van der Waals surface area contributed by atoms with Crippen LogP contribution < -0.4 is 0 Å². The largest absolute Gasteiger partial charge is 0.386 e. The van der Waals surface area contributed by atoms with E-state index >= 15 is 0 Å². The summed E-state index contributed by atoms with van der Waals surface area (Å²) in [5, 5.41) is 12.3. The van der Waals surface area contributed by atoms with E-state index in [1.807, 2.05) is 0 Å². The van der Waals surface area contributed by atoms with E-state index in [0.29, 0.717) is 24.2 Å². The van der Waals surface area contributed by atoms with Crippen LogP contribution in [-0.4, -0.2) is 29.7 Å². The van der Waals surface area contributed by atoms with Crippen LogP contribution in [-0.2, 0) is 22.4 Å². The summed E-state index contributed by atoms with van der Waals surface area (Å²) in [7, 11) is 1.69. The standard InChI is InChI=1S/C29H40O3/c1-5-18-6-8-19(9-7-18)14-20-10-12-28(17-20)13-11-21-15-22-25-23(30)16-24(32-4)29(25,31)26(21,2)27(22,28)3/h6-9,20-22,24-25,31H,5,10-17H2,1-4H3. The number of hydrogen-bond donors (Lipinski definition) is 1. The van der Waals surface area contributed by atoms with Crippen LogP contribution in [0.15, 0.2) is 24.3 Å². The zero-order valence-electron chi connectivity index (χ0n) is 20.3. The quantitative estimate of drug-likeness (QED) is 0.690. The zero-order chi connectivity index (χ0) is 22.5. The maximum Gasteiger partial charge on any atom is 0.141 e. The summed E-state index contributed by atoms with van der Waals surface area (Å²) in [6.07, 6.45) is 9.74. The molecular weight excluding hydrogens is 396 g/mol. The molecule has 0 radical (unpaired) electrons. The molecule has 174 valence electrons. The minimum Gasteiger partial charge on any atom is -0.386 e. The number of ether oxygens (including phenoxy) is 1. The molecule has 5 saturated carbocycles. The molecule has 0 aromatic heterocycles. The summed E-state index contributed by atoms with van der Waals surface area (Å²) in [6.45, 7) is 7.07. The molecule has 1 N–H and O–H groups in total. The Balaban J connectivity index is 1.34. The van der Waals surface area contributed by atoms with Crippen molar-refractivity contribution in [3.05, 3.63) is 35.4 Å². The lowest BCUT2D eigenvalue weighted by Gasteiger charge is -2.61. The number of benzene rings is 1. The van der Waals surface area contributed by atoms with Gasteiger partial charge in [-0.15, -0.1) is 0 Å². The lowest BCUT2D eigenvalue weighted by Crippen LogP contribution is -2.63. The first-order valence-electron chi connectivity index (χ1n) is 13.1. The molecule has 32 heavy (non-hydrogen) atoms. The number of fused-ring (bicyclic) bond motifs is 2. The summed E-state index contributed by atoms with van der Waals surface area (Å²) in [5.74, 6) is 1.60. The monoisotopic (exact) mass is 436 g/mol. The predicted octanol–water partition coefficient (Wildman–Crippen LogP) is 5.37. The van der Waals surface area contributed by atoms with Crippen molar-refractivity contribution in [3.8, 4) is 0 Å². The molecule has 1 aromatic carbocycles. The molecule has 5 aliphatic rings. The van der Waals surface area contributed by atoms with Crippen LogP contribution in [0.25, 0.3) is 0 Å². The van der Waals surface area contributed by atoms with Crippen molar-refractivity contribution in [1.82, 2.24) is 0 Å². The average molecular weight is 437 g/mol. The highest BCUT2D eigenvalue weighted by molar-refractivity contribution is 5.88. The Kier molecular flexibility index (Phi) is 4.46. The molecule has 0 heterocycles. The van der Waals surface area contributed by atoms with Gasteiger partial charge < -0.3 is 9.84 Å². The maximum atomic E-state index is 13.2. The van der Waals surface area contributed by atoms with Gasteiger partial charge in [0.1, 0.15) is 11.4 Å². The highest BCUT2D eigenvalue weighted by atomic mass is 16.5. The number of rotatable bonds is 4. The number of ketones is 1. The van der Waals surface area contributed by atoms with Crippen LogP contribution in [0.1, 0.15) is 76.8 Å². The second kappa shape index (κ2) is 6.69. The van der Waals surface area contributed by atoms with Gasteiger partial charge in [-0.05, 0) is 91.1 Å². The van der Waals surface area contributed by atoms with Gasteiger partial charge in [-0.3, -0.25) is 4.79 Å². The lowest BCUT2D eigenvalue weighted by molar-refractivity contribution is -0.221. The fourth-order valence-electron chi connectivity index (χ4n) is 10.6. The molecule has 3 heteroatoms. The van der Waals surface area contributed by atoms with E-state index in [1.165, 1.54) is 49.7 Å². The van der Waals surface area contributed by atoms with Crippen LogP contribution in [0.2, 0.25) is 0 Å². The fourth-order valence-corrected chi connectivity index (χ4v) is 10.6. The van der Waals surface area contributed by atoms with Crippen molar-refractivity contribution in [2.24, 2.45) is 39.9 Å². The highest BCUT2D eigenvalue weighted by Crippen LogP contribution is 2.86. The second-order valence-electron chi connectivity index (χ2n) is 12.4. The normalized spacial score (nSPS) is 51.0. The molecule has 0 saturated heterocycles. The number of methoxy groups -OCH3 is 1. The molecule has 1 spiro atoms. The van der Waals surface area contributed by atoms with Crippen molar-refractivity contribution in [2.75, 3.05) is 7.11 Å². The lowest BCUT2D eigenvalue weighted by atomic mass is 9.44. The third kappa shape index (κ3) is 2.19. The van der Waals surface area contributed by atoms with Crippen molar-refractivity contribution < 1.29 is 14.6 Å². The van der Waals surface area contributed by atoms with E-state index in [2.05, 4.69) is 45.0 Å². The summed E-state index contributed by atoms with van der Waals surface area (Å²) < 4.78 is 5.83. The van der Waals surface area contributed by atoms with Crippen molar-refractivity contribution in [1.29, 1.82) is 0 Å². The van der Waals surface area contributed by atoms with Gasteiger partial charge in [-0.1, -0.05) is 45.0 Å². The van der Waals surface area contributed by atoms with Crippen LogP contribution in [0.4, 0.5) is 0 Å². The first-order chi connectivity index (χ1) is 15.2. The smallest absolute Gasteiger partial charge is 0.141 e. The average Bonchev–Trinajstić information content (AvgIpc) is 3.40. The third-order valence-electron chi connectivity index (χ3n) is 12.1. The van der Waals surface area contributed by atoms with Gasteiger partial charge in [0.25, 0.3) is 0 Å². The Hall–Kier alpha value is -1.19. The Morgan fingerprint density at radius 3 is 2.44 bits per heavy atom. The number of hydrogen-bond acceptors (Lipinski definition) is 3. The molecule has 6 rings (SSSR count). The second-order valence-corrected chi connectivity index (χ2v) is 12.4. The molecule has 0 aliphatic heterocycles. The number of carbonyl (C=O) groups excluding carboxylic acids is 1. The Morgan fingerprint density at radius 1 is 1.06 bits per heavy atom. The maximum absolute atomic E-state index is 13.2. The predicted molar refractivity (Wildman–Crippen MR) is 125 cm³/mol. The van der Waals surface area contributed by atoms with Crippen molar-refractivity contribution in [2.45, 2.75) is 90.3 Å². The van der Waals surface area contributed by atoms with E-state index in [1.54, 1.807) is 7.11 Å². The number of Topliss-reactive ketones (excluding diaryl/α,β-unsaturated/α-hetero) is 1. The molecule has 5 fully saturated rings. The van der Waals surface area contributed by atoms with Gasteiger partial charge in [0.15, 0.2) is 0 Å². The molecular formula is C29H40O3. The number of aryl methyl sites for hydroxylation is 1. The van der Waals surface area contributed by atoms with Crippen molar-refractivity contribution in [3.63, 3.8) is 0 Å². The molecule has 0 amide bonds. The topological polar surface area (TPSA) is 46.5 Å². The molecule has 1 aromatic rings. The van der Waals surface area contributed by atoms with E-state index in [9.17, 15) is 9.90 Å². The van der Waals surface area contributed by atoms with Crippen LogP contribution >= 0.6 is 0 Å². The number of carbonyl (C=O) groups is 1. The Labute approximate surface area is 193 Å². The third-order valence-corrected chi connectivity index (χ3v) is 12.1. The molecule has 3 nitrogen and oxygen atoms in total. The summed E-state index contributed by atoms with van der Waals surface area (Å²) >= 11 is 0. The van der Waals surface area contributed by atoms with Crippen molar-refractivity contribution >= 4 is 5.78 Å². The van der Waals surface area contributed by atoms with Crippen LogP contribution in [0, 0.1) is 39.9 Å². The van der Waals surface area contributed by atoms with Gasteiger partial charge in [-0.2, -0.15) is 0 Å². The Bertz CT molecular complexity index is 938. The summed E-state index contributed by atoms with van der Waals surface area (Å²) in [5.41, 5.74) is 1.95. The fraction of sp³-hybridized carbons (Fsp3) is 0.759. The van der Waals surface area contributed by atoms with Crippen LogP contribution in [0.5, 0.6) is 0 Å². The molecule has 4 bridgehead atoms. The molecule has 9 unspecified atom stereocenters. The van der Waals surface area contributed by atoms with Gasteiger partial charge >= 0.3 is 0 Å². The van der Waals surface area contributed by atoms with Crippen LogP contribution in [0.3, 0.4) is 0 Å². The van der Waals surface area contributed by atoms with E-state index in [0.717, 1.165) is 12.8 Å². The Morgan fingerprint density at radius 2 is 1.75 bits per heavy atom. The van der Waals surface area contributed by atoms with Gasteiger partial charge in [-0.25, -0.2) is 0 Å².